The zero-order chi connectivity index (χ0) is 13.3. The lowest BCUT2D eigenvalue weighted by Gasteiger charge is -2.13. The van der Waals surface area contributed by atoms with Crippen molar-refractivity contribution in [3.8, 4) is 0 Å². The third kappa shape index (κ3) is 3.21. The molecule has 0 aromatic rings. The van der Waals surface area contributed by atoms with Crippen molar-refractivity contribution < 1.29 is 45.8 Å². The Balaban J connectivity index is 5.29. The Bertz CT molecular complexity index is 301. The summed E-state index contributed by atoms with van der Waals surface area (Å²) < 4.78 is 70.1. The first-order valence-corrected chi connectivity index (χ1v) is 3.34. The fourth-order valence-corrected chi connectivity index (χ4v) is 0.671. The second-order valence-corrected chi connectivity index (χ2v) is 2.50. The molecular weight excluding hydrogens is 250 g/mol. The number of halogens is 6. The highest BCUT2D eigenvalue weighted by Crippen LogP contribution is 2.27. The van der Waals surface area contributed by atoms with Crippen LogP contribution in [0.3, 0.4) is 0 Å². The van der Waals surface area contributed by atoms with Crippen molar-refractivity contribution in [3.63, 3.8) is 0 Å². The normalized spacial score (nSPS) is 12.7. The van der Waals surface area contributed by atoms with E-state index in [1.807, 2.05) is 0 Å². The van der Waals surface area contributed by atoms with Crippen LogP contribution in [0.15, 0.2) is 0 Å². The molecule has 0 bridgehead atoms. The van der Waals surface area contributed by atoms with Gasteiger partial charge in [-0.3, -0.25) is 14.4 Å². The maximum Gasteiger partial charge on any atom is 0.451 e. The molecule has 0 rings (SSSR count). The minimum atomic E-state index is -5.83. The summed E-state index contributed by atoms with van der Waals surface area (Å²) in [5, 5.41) is 8.00. The standard InChI is InChI=1S/C6H2F6O4/c7-5(8,9)2(13)1(4(15)16)3(14)6(10,11)12/h1H,(H,15,16). The van der Waals surface area contributed by atoms with E-state index in [1.54, 1.807) is 0 Å². The van der Waals surface area contributed by atoms with E-state index in [1.165, 1.54) is 0 Å². The molecule has 4 nitrogen and oxygen atoms in total. The van der Waals surface area contributed by atoms with Gasteiger partial charge in [0.25, 0.3) is 11.6 Å². The highest BCUT2D eigenvalue weighted by molar-refractivity contribution is 6.19. The van der Waals surface area contributed by atoms with Crippen LogP contribution in [0.25, 0.3) is 0 Å². The van der Waals surface area contributed by atoms with Gasteiger partial charge in [-0.05, 0) is 0 Å². The van der Waals surface area contributed by atoms with Crippen LogP contribution in [0.2, 0.25) is 0 Å². The number of carbonyl (C=O) groups excluding carboxylic acids is 2. The van der Waals surface area contributed by atoms with E-state index in [-0.39, 0.29) is 0 Å². The summed E-state index contributed by atoms with van der Waals surface area (Å²) in [6, 6.07) is 0. The molecular formula is C6H2F6O4. The quantitative estimate of drug-likeness (QED) is 0.599. The van der Waals surface area contributed by atoms with Crippen LogP contribution in [0.1, 0.15) is 0 Å². The van der Waals surface area contributed by atoms with Crippen LogP contribution in [-0.4, -0.2) is 35.0 Å². The van der Waals surface area contributed by atoms with E-state index < -0.39 is 35.8 Å². The van der Waals surface area contributed by atoms with Crippen molar-refractivity contribution in [3.05, 3.63) is 0 Å². The molecule has 0 heterocycles. The molecule has 10 heteroatoms. The van der Waals surface area contributed by atoms with Crippen LogP contribution >= 0.6 is 0 Å². The van der Waals surface area contributed by atoms with Gasteiger partial charge in [0.15, 0.2) is 5.92 Å². The smallest absolute Gasteiger partial charge is 0.451 e. The van der Waals surface area contributed by atoms with E-state index in [4.69, 9.17) is 5.11 Å². The molecule has 1 N–H and O–H groups in total. The van der Waals surface area contributed by atoms with Crippen LogP contribution in [0.5, 0.6) is 0 Å². The molecule has 92 valence electrons. The Morgan fingerprint density at radius 2 is 1.06 bits per heavy atom. The number of rotatable bonds is 3. The van der Waals surface area contributed by atoms with Crippen LogP contribution in [-0.2, 0) is 14.4 Å². The molecule has 0 aromatic carbocycles. The Morgan fingerprint density at radius 3 is 1.19 bits per heavy atom. The number of carbonyl (C=O) groups is 3. The molecule has 16 heavy (non-hydrogen) atoms. The summed E-state index contributed by atoms with van der Waals surface area (Å²) in [4.78, 5) is 30.6. The first kappa shape index (κ1) is 14.4. The molecule has 0 saturated heterocycles. The number of aliphatic carboxylic acids is 1. The van der Waals surface area contributed by atoms with Crippen molar-refractivity contribution in [1.82, 2.24) is 0 Å². The Morgan fingerprint density at radius 1 is 0.812 bits per heavy atom. The third-order valence-electron chi connectivity index (χ3n) is 1.33. The maximum atomic E-state index is 11.7. The summed E-state index contributed by atoms with van der Waals surface area (Å²) in [6.07, 6.45) is -11.7. The van der Waals surface area contributed by atoms with Crippen molar-refractivity contribution in [2.45, 2.75) is 12.4 Å². The lowest BCUT2D eigenvalue weighted by molar-refractivity contribution is -0.193. The van der Waals surface area contributed by atoms with Gasteiger partial charge in [0, 0.05) is 0 Å². The minimum absolute atomic E-state index is 2.80. The van der Waals surface area contributed by atoms with Gasteiger partial charge in [-0.2, -0.15) is 26.3 Å². The molecule has 0 radical (unpaired) electrons. The molecule has 0 saturated carbocycles. The fraction of sp³-hybridized carbons (Fsp3) is 0.500. The monoisotopic (exact) mass is 252 g/mol. The highest BCUT2D eigenvalue weighted by Gasteiger charge is 2.56. The first-order chi connectivity index (χ1) is 6.89. The number of ketones is 2. The van der Waals surface area contributed by atoms with Gasteiger partial charge in [-0.25, -0.2) is 0 Å². The number of carboxylic acids is 1. The summed E-state index contributed by atoms with van der Waals surface area (Å²) in [5.74, 6) is -13.1. The van der Waals surface area contributed by atoms with Gasteiger partial charge in [-0.1, -0.05) is 0 Å². The lowest BCUT2D eigenvalue weighted by atomic mass is 9.98. The molecule has 0 fully saturated rings. The molecule has 0 aliphatic heterocycles. The number of alkyl halides is 6. The first-order valence-electron chi connectivity index (χ1n) is 3.34. The van der Waals surface area contributed by atoms with Crippen LogP contribution in [0.4, 0.5) is 26.3 Å². The van der Waals surface area contributed by atoms with Crippen LogP contribution in [0, 0.1) is 5.92 Å². The molecule has 0 amide bonds. The van der Waals surface area contributed by atoms with Gasteiger partial charge < -0.3 is 5.11 Å². The Hall–Kier alpha value is -1.61. The summed E-state index contributed by atoms with van der Waals surface area (Å²) in [6.45, 7) is 0. The molecule has 0 unspecified atom stereocenters. The second kappa shape index (κ2) is 4.10. The zero-order valence-corrected chi connectivity index (χ0v) is 7.02. The highest BCUT2D eigenvalue weighted by atomic mass is 19.4. The third-order valence-corrected chi connectivity index (χ3v) is 1.33. The van der Waals surface area contributed by atoms with Gasteiger partial charge in [0.1, 0.15) is 0 Å². The van der Waals surface area contributed by atoms with Crippen LogP contribution < -0.4 is 0 Å². The van der Waals surface area contributed by atoms with Crippen molar-refractivity contribution >= 4 is 17.5 Å². The fourth-order valence-electron chi connectivity index (χ4n) is 0.671. The molecule has 0 aromatic heterocycles. The maximum absolute atomic E-state index is 11.7. The second-order valence-electron chi connectivity index (χ2n) is 2.50. The largest absolute Gasteiger partial charge is 0.480 e. The predicted molar refractivity (Wildman–Crippen MR) is 33.2 cm³/mol. The van der Waals surface area contributed by atoms with Gasteiger partial charge in [0.05, 0.1) is 0 Å². The molecule has 0 atom stereocenters. The van der Waals surface area contributed by atoms with Gasteiger partial charge >= 0.3 is 18.3 Å². The summed E-state index contributed by atoms with van der Waals surface area (Å²) in [7, 11) is 0. The van der Waals surface area contributed by atoms with Crippen molar-refractivity contribution in [2.24, 2.45) is 5.92 Å². The van der Waals surface area contributed by atoms with Crippen molar-refractivity contribution in [2.75, 3.05) is 0 Å². The average molecular weight is 252 g/mol. The summed E-state index contributed by atoms with van der Waals surface area (Å²) in [5.41, 5.74) is 0. The Kier molecular flexibility index (Phi) is 3.69. The number of hydrogen-bond donors (Lipinski definition) is 1. The molecule has 0 aliphatic carbocycles. The van der Waals surface area contributed by atoms with E-state index in [9.17, 15) is 40.7 Å². The van der Waals surface area contributed by atoms with E-state index in [2.05, 4.69) is 0 Å². The van der Waals surface area contributed by atoms with Crippen molar-refractivity contribution in [1.29, 1.82) is 0 Å². The van der Waals surface area contributed by atoms with E-state index in [0.717, 1.165) is 0 Å². The lowest BCUT2D eigenvalue weighted by Crippen LogP contribution is -2.45. The SMILES string of the molecule is O=C(O)C(C(=O)C(F)(F)F)C(=O)C(F)(F)F. The molecule has 0 aliphatic rings. The van der Waals surface area contributed by atoms with Gasteiger partial charge in [0.2, 0.25) is 0 Å². The summed E-state index contributed by atoms with van der Waals surface area (Å²) >= 11 is 0. The van der Waals surface area contributed by atoms with E-state index >= 15 is 0 Å². The zero-order valence-electron chi connectivity index (χ0n) is 7.02. The number of Topliss-reactive ketones (excluding diaryl/α,β-unsaturated/α-hetero) is 2. The minimum Gasteiger partial charge on any atom is -0.480 e. The predicted octanol–water partition coefficient (Wildman–Crippen LogP) is 0.950. The molecule has 0 spiro atoms. The van der Waals surface area contributed by atoms with Gasteiger partial charge in [-0.15, -0.1) is 0 Å². The Labute approximate surface area is 82.8 Å². The topological polar surface area (TPSA) is 71.4 Å². The number of hydrogen-bond acceptors (Lipinski definition) is 3. The number of carboxylic acid groups (broad SMARTS) is 1. The van der Waals surface area contributed by atoms with E-state index in [0.29, 0.717) is 0 Å². The average Bonchev–Trinajstić information content (AvgIpc) is 1.99.